The van der Waals surface area contributed by atoms with Gasteiger partial charge in [-0.2, -0.15) is 13.2 Å². The van der Waals surface area contributed by atoms with E-state index in [0.717, 1.165) is 4.47 Å². The molecule has 0 unspecified atom stereocenters. The van der Waals surface area contributed by atoms with Crippen molar-refractivity contribution in [1.29, 1.82) is 0 Å². The fourth-order valence-corrected chi connectivity index (χ4v) is 1.81. The third kappa shape index (κ3) is 4.55. The van der Waals surface area contributed by atoms with E-state index in [0.29, 0.717) is 11.3 Å². The molecule has 1 aromatic carbocycles. The molecule has 0 aliphatic carbocycles. The van der Waals surface area contributed by atoms with Crippen LogP contribution in [0.4, 0.5) is 13.2 Å². The molecule has 2 N–H and O–H groups in total. The topological polar surface area (TPSA) is 35.2 Å². The number of methoxy groups -OCH3 is 1. The van der Waals surface area contributed by atoms with Crippen molar-refractivity contribution in [3.8, 4) is 5.75 Å². The van der Waals surface area contributed by atoms with Crippen LogP contribution in [0.3, 0.4) is 0 Å². The van der Waals surface area contributed by atoms with E-state index in [1.807, 2.05) is 0 Å². The van der Waals surface area contributed by atoms with Gasteiger partial charge in [-0.15, -0.1) is 0 Å². The minimum Gasteiger partial charge on any atom is -0.496 e. The fraction of sp³-hybridized carbons (Fsp3) is 0.455. The predicted molar refractivity (Wildman–Crippen MR) is 62.9 cm³/mol. The van der Waals surface area contributed by atoms with Crippen molar-refractivity contribution in [2.75, 3.05) is 7.11 Å². The highest BCUT2D eigenvalue weighted by atomic mass is 79.9. The Kier molecular flexibility index (Phi) is 4.82. The van der Waals surface area contributed by atoms with Gasteiger partial charge in [0.15, 0.2) is 0 Å². The molecular formula is C11H13BrF3NO. The molecule has 0 heterocycles. The van der Waals surface area contributed by atoms with Crippen LogP contribution in [-0.2, 0) is 0 Å². The molecule has 0 fully saturated rings. The second-order valence-electron chi connectivity index (χ2n) is 3.65. The van der Waals surface area contributed by atoms with Crippen molar-refractivity contribution in [1.82, 2.24) is 0 Å². The molecular weight excluding hydrogens is 299 g/mol. The molecule has 1 aromatic rings. The van der Waals surface area contributed by atoms with Crippen LogP contribution in [0.1, 0.15) is 24.4 Å². The van der Waals surface area contributed by atoms with Gasteiger partial charge in [-0.25, -0.2) is 0 Å². The molecule has 0 spiro atoms. The van der Waals surface area contributed by atoms with Crippen LogP contribution in [0.5, 0.6) is 5.75 Å². The zero-order valence-electron chi connectivity index (χ0n) is 9.22. The van der Waals surface area contributed by atoms with Crippen LogP contribution >= 0.6 is 15.9 Å². The largest absolute Gasteiger partial charge is 0.496 e. The lowest BCUT2D eigenvalue weighted by molar-refractivity contribution is -0.136. The number of rotatable bonds is 4. The van der Waals surface area contributed by atoms with Crippen LogP contribution < -0.4 is 10.5 Å². The average molecular weight is 312 g/mol. The summed E-state index contributed by atoms with van der Waals surface area (Å²) in [6.07, 6.45) is -5.23. The highest BCUT2D eigenvalue weighted by molar-refractivity contribution is 9.10. The molecule has 0 amide bonds. The Morgan fingerprint density at radius 1 is 1.41 bits per heavy atom. The molecule has 0 radical (unpaired) electrons. The molecule has 17 heavy (non-hydrogen) atoms. The van der Waals surface area contributed by atoms with Gasteiger partial charge in [0.05, 0.1) is 7.11 Å². The third-order valence-electron chi connectivity index (χ3n) is 2.33. The van der Waals surface area contributed by atoms with Gasteiger partial charge in [-0.3, -0.25) is 0 Å². The van der Waals surface area contributed by atoms with Crippen molar-refractivity contribution in [3.05, 3.63) is 28.2 Å². The standard InChI is InChI=1S/C11H13BrF3NO/c1-17-10-6-7(12)2-3-8(10)9(16)4-5-11(13,14)15/h2-3,6,9H,4-5,16H2,1H3/t9-/m0/s1. The molecule has 0 bridgehead atoms. The number of hydrogen-bond donors (Lipinski definition) is 1. The van der Waals surface area contributed by atoms with Crippen molar-refractivity contribution in [2.24, 2.45) is 5.73 Å². The van der Waals surface area contributed by atoms with Gasteiger partial charge in [0, 0.05) is 22.5 Å². The van der Waals surface area contributed by atoms with E-state index < -0.39 is 18.6 Å². The number of alkyl halides is 3. The number of hydrogen-bond acceptors (Lipinski definition) is 2. The van der Waals surface area contributed by atoms with Crippen LogP contribution in [-0.4, -0.2) is 13.3 Å². The summed E-state index contributed by atoms with van der Waals surface area (Å²) >= 11 is 3.26. The summed E-state index contributed by atoms with van der Waals surface area (Å²) in [6.45, 7) is 0. The van der Waals surface area contributed by atoms with E-state index in [9.17, 15) is 13.2 Å². The van der Waals surface area contributed by atoms with Crippen molar-refractivity contribution in [3.63, 3.8) is 0 Å². The van der Waals surface area contributed by atoms with Gasteiger partial charge in [-0.05, 0) is 18.6 Å². The zero-order chi connectivity index (χ0) is 13.1. The normalized spacial score (nSPS) is 13.5. The monoisotopic (exact) mass is 311 g/mol. The third-order valence-corrected chi connectivity index (χ3v) is 2.83. The number of nitrogens with two attached hydrogens (primary N) is 1. The minimum atomic E-state index is -4.18. The average Bonchev–Trinajstić information content (AvgIpc) is 2.24. The molecule has 0 saturated carbocycles. The molecule has 1 atom stereocenters. The first-order valence-electron chi connectivity index (χ1n) is 4.99. The SMILES string of the molecule is COc1cc(Br)ccc1[C@@H](N)CCC(F)(F)F. The first kappa shape index (κ1) is 14.3. The summed E-state index contributed by atoms with van der Waals surface area (Å²) in [6, 6.07) is 4.40. The highest BCUT2D eigenvalue weighted by Crippen LogP contribution is 2.32. The Balaban J connectivity index is 2.78. The molecule has 1 rings (SSSR count). The summed E-state index contributed by atoms with van der Waals surface area (Å²) in [4.78, 5) is 0. The van der Waals surface area contributed by atoms with E-state index in [-0.39, 0.29) is 6.42 Å². The number of halogens is 4. The summed E-state index contributed by atoms with van der Waals surface area (Å²) in [5, 5.41) is 0. The van der Waals surface area contributed by atoms with E-state index in [1.165, 1.54) is 7.11 Å². The first-order valence-corrected chi connectivity index (χ1v) is 5.78. The maximum atomic E-state index is 12.1. The maximum Gasteiger partial charge on any atom is 0.389 e. The highest BCUT2D eigenvalue weighted by Gasteiger charge is 2.28. The van der Waals surface area contributed by atoms with Gasteiger partial charge in [-0.1, -0.05) is 22.0 Å². The molecule has 0 aliphatic heterocycles. The molecule has 2 nitrogen and oxygen atoms in total. The van der Waals surface area contributed by atoms with Crippen LogP contribution in [0.2, 0.25) is 0 Å². The van der Waals surface area contributed by atoms with Crippen molar-refractivity contribution in [2.45, 2.75) is 25.1 Å². The number of ether oxygens (including phenoxy) is 1. The van der Waals surface area contributed by atoms with Crippen LogP contribution in [0.15, 0.2) is 22.7 Å². The summed E-state index contributed by atoms with van der Waals surface area (Å²) in [5.41, 5.74) is 6.32. The Labute approximate surface area is 106 Å². The van der Waals surface area contributed by atoms with Gasteiger partial charge < -0.3 is 10.5 Å². The summed E-state index contributed by atoms with van der Waals surface area (Å²) in [5.74, 6) is 0.494. The lowest BCUT2D eigenvalue weighted by atomic mass is 10.0. The van der Waals surface area contributed by atoms with Crippen molar-refractivity contribution < 1.29 is 17.9 Å². The summed E-state index contributed by atoms with van der Waals surface area (Å²) < 4.78 is 42.1. The van der Waals surface area contributed by atoms with Gasteiger partial charge >= 0.3 is 6.18 Å². The zero-order valence-corrected chi connectivity index (χ0v) is 10.8. The van der Waals surface area contributed by atoms with Crippen LogP contribution in [0.25, 0.3) is 0 Å². The van der Waals surface area contributed by atoms with E-state index in [4.69, 9.17) is 10.5 Å². The fourth-order valence-electron chi connectivity index (χ4n) is 1.47. The predicted octanol–water partition coefficient (Wildman–Crippen LogP) is 3.80. The molecule has 0 saturated heterocycles. The lowest BCUT2D eigenvalue weighted by Gasteiger charge is -2.16. The molecule has 6 heteroatoms. The quantitative estimate of drug-likeness (QED) is 0.918. The molecule has 0 aliphatic rings. The number of benzene rings is 1. The molecule has 96 valence electrons. The Morgan fingerprint density at radius 2 is 2.06 bits per heavy atom. The lowest BCUT2D eigenvalue weighted by Crippen LogP contribution is -2.16. The smallest absolute Gasteiger partial charge is 0.389 e. The minimum absolute atomic E-state index is 0.151. The van der Waals surface area contributed by atoms with Crippen molar-refractivity contribution >= 4 is 15.9 Å². The summed E-state index contributed by atoms with van der Waals surface area (Å²) in [7, 11) is 1.46. The Morgan fingerprint density at radius 3 is 2.59 bits per heavy atom. The second-order valence-corrected chi connectivity index (χ2v) is 4.56. The van der Waals surface area contributed by atoms with Gasteiger partial charge in [0.1, 0.15) is 5.75 Å². The first-order chi connectivity index (χ1) is 7.83. The Hall–Kier alpha value is -0.750. The van der Waals surface area contributed by atoms with Gasteiger partial charge in [0.2, 0.25) is 0 Å². The van der Waals surface area contributed by atoms with E-state index in [2.05, 4.69) is 15.9 Å². The Bertz CT molecular complexity index is 381. The van der Waals surface area contributed by atoms with Gasteiger partial charge in [0.25, 0.3) is 0 Å². The van der Waals surface area contributed by atoms with E-state index >= 15 is 0 Å². The van der Waals surface area contributed by atoms with E-state index in [1.54, 1.807) is 18.2 Å². The molecule has 0 aromatic heterocycles. The van der Waals surface area contributed by atoms with Crippen LogP contribution in [0, 0.1) is 0 Å². The maximum absolute atomic E-state index is 12.1. The second kappa shape index (κ2) is 5.73.